The summed E-state index contributed by atoms with van der Waals surface area (Å²) in [4.78, 5) is 35.7. The van der Waals surface area contributed by atoms with Crippen LogP contribution >= 0.6 is 0 Å². The zero-order chi connectivity index (χ0) is 21.9. The smallest absolute Gasteiger partial charge is 0.274 e. The molecule has 5 rings (SSSR count). The van der Waals surface area contributed by atoms with Crippen LogP contribution in [0.2, 0.25) is 0 Å². The maximum Gasteiger partial charge on any atom is 0.274 e. The number of carbonyl (C=O) groups is 2. The molecule has 7 nitrogen and oxygen atoms in total. The first-order valence-electron chi connectivity index (χ1n) is 10.6. The molecule has 1 fully saturated rings. The van der Waals surface area contributed by atoms with E-state index < -0.39 is 0 Å². The third-order valence-electron chi connectivity index (χ3n) is 5.73. The first-order valence-corrected chi connectivity index (χ1v) is 10.6. The molecule has 3 heterocycles. The fourth-order valence-corrected chi connectivity index (χ4v) is 3.97. The number of para-hydroxylation sites is 2. The van der Waals surface area contributed by atoms with E-state index in [2.05, 4.69) is 15.3 Å². The van der Waals surface area contributed by atoms with E-state index in [0.717, 1.165) is 29.8 Å². The summed E-state index contributed by atoms with van der Waals surface area (Å²) in [7, 11) is 0. The zero-order valence-corrected chi connectivity index (χ0v) is 17.4. The second-order valence-corrected chi connectivity index (χ2v) is 7.83. The van der Waals surface area contributed by atoms with Gasteiger partial charge in [-0.25, -0.2) is 4.98 Å². The molecule has 4 aromatic rings. The summed E-state index contributed by atoms with van der Waals surface area (Å²) in [6.45, 7) is 1.31. The van der Waals surface area contributed by atoms with Crippen LogP contribution in [0.1, 0.15) is 45.5 Å². The van der Waals surface area contributed by atoms with Crippen LogP contribution in [0.4, 0.5) is 5.69 Å². The highest BCUT2D eigenvalue weighted by Crippen LogP contribution is 2.30. The van der Waals surface area contributed by atoms with E-state index in [0.29, 0.717) is 30.0 Å². The van der Waals surface area contributed by atoms with Gasteiger partial charge >= 0.3 is 0 Å². The molecular weight excluding hydrogens is 404 g/mol. The van der Waals surface area contributed by atoms with E-state index in [-0.39, 0.29) is 17.7 Å². The van der Waals surface area contributed by atoms with Crippen molar-refractivity contribution in [2.75, 3.05) is 18.4 Å². The molecule has 2 amide bonds. The van der Waals surface area contributed by atoms with Crippen LogP contribution in [-0.4, -0.2) is 39.8 Å². The number of amides is 2. The van der Waals surface area contributed by atoms with Gasteiger partial charge in [-0.1, -0.05) is 18.2 Å². The number of oxazole rings is 1. The molecule has 32 heavy (non-hydrogen) atoms. The summed E-state index contributed by atoms with van der Waals surface area (Å²) in [5.41, 5.74) is 3.23. The number of pyridine rings is 1. The predicted octanol–water partition coefficient (Wildman–Crippen LogP) is 4.49. The molecule has 0 spiro atoms. The average Bonchev–Trinajstić information content (AvgIpc) is 3.29. The number of benzene rings is 2. The second-order valence-electron chi connectivity index (χ2n) is 7.83. The third kappa shape index (κ3) is 4.09. The van der Waals surface area contributed by atoms with E-state index in [1.165, 1.54) is 0 Å². The summed E-state index contributed by atoms with van der Waals surface area (Å²) in [5, 5.41) is 2.80. The lowest BCUT2D eigenvalue weighted by Gasteiger charge is -2.30. The maximum atomic E-state index is 12.9. The second kappa shape index (κ2) is 8.63. The van der Waals surface area contributed by atoms with E-state index in [1.54, 1.807) is 48.7 Å². The van der Waals surface area contributed by atoms with Crippen molar-refractivity contribution >= 4 is 28.6 Å². The van der Waals surface area contributed by atoms with Gasteiger partial charge in [-0.3, -0.25) is 14.6 Å². The van der Waals surface area contributed by atoms with Crippen molar-refractivity contribution in [1.29, 1.82) is 0 Å². The topological polar surface area (TPSA) is 88.3 Å². The van der Waals surface area contributed by atoms with Gasteiger partial charge in [-0.2, -0.15) is 0 Å². The number of nitrogens with zero attached hydrogens (tertiary/aromatic N) is 3. The maximum absolute atomic E-state index is 12.9. The molecule has 0 aliphatic carbocycles. The van der Waals surface area contributed by atoms with Crippen LogP contribution in [0.25, 0.3) is 11.1 Å². The number of fused-ring (bicyclic) bond motifs is 1. The van der Waals surface area contributed by atoms with Crippen molar-refractivity contribution in [3.05, 3.63) is 90.1 Å². The highest BCUT2D eigenvalue weighted by molar-refractivity contribution is 6.03. The van der Waals surface area contributed by atoms with Crippen LogP contribution in [0.3, 0.4) is 0 Å². The monoisotopic (exact) mass is 426 g/mol. The molecule has 2 aromatic carbocycles. The summed E-state index contributed by atoms with van der Waals surface area (Å²) in [6, 6.07) is 19.9. The van der Waals surface area contributed by atoms with Crippen LogP contribution in [0, 0.1) is 0 Å². The zero-order valence-electron chi connectivity index (χ0n) is 17.4. The van der Waals surface area contributed by atoms with Crippen molar-refractivity contribution in [2.45, 2.75) is 18.8 Å². The molecule has 0 radical (unpaired) electrons. The highest BCUT2D eigenvalue weighted by atomic mass is 16.3. The molecule has 0 saturated carbocycles. The molecule has 1 aliphatic heterocycles. The molecule has 7 heteroatoms. The molecule has 0 bridgehead atoms. The Bertz CT molecular complexity index is 1210. The average molecular weight is 426 g/mol. The van der Waals surface area contributed by atoms with Gasteiger partial charge in [0.1, 0.15) is 11.2 Å². The summed E-state index contributed by atoms with van der Waals surface area (Å²) >= 11 is 0. The molecule has 1 N–H and O–H groups in total. The van der Waals surface area contributed by atoms with Crippen molar-refractivity contribution < 1.29 is 14.0 Å². The van der Waals surface area contributed by atoms with Gasteiger partial charge in [0.25, 0.3) is 11.8 Å². The Morgan fingerprint density at radius 1 is 0.938 bits per heavy atom. The molecule has 1 saturated heterocycles. The molecular formula is C25H22N4O3. The van der Waals surface area contributed by atoms with Gasteiger partial charge in [-0.05, 0) is 61.4 Å². The Balaban J connectivity index is 1.19. The van der Waals surface area contributed by atoms with Gasteiger partial charge in [-0.15, -0.1) is 0 Å². The lowest BCUT2D eigenvalue weighted by atomic mass is 9.96. The van der Waals surface area contributed by atoms with Crippen molar-refractivity contribution in [3.63, 3.8) is 0 Å². The molecule has 0 unspecified atom stereocenters. The van der Waals surface area contributed by atoms with Crippen LogP contribution in [0.15, 0.2) is 77.3 Å². The lowest BCUT2D eigenvalue weighted by molar-refractivity contribution is 0.0706. The number of hydrogen-bond donors (Lipinski definition) is 1. The Kier molecular flexibility index (Phi) is 5.37. The normalized spacial score (nSPS) is 14.4. The van der Waals surface area contributed by atoms with E-state index in [1.807, 2.05) is 29.2 Å². The van der Waals surface area contributed by atoms with Gasteiger partial charge in [0.2, 0.25) is 0 Å². The SMILES string of the molecule is O=C(Nc1ccc(C(=O)N2CCC(c3nc4ccccc4o3)CC2)cc1)c1ccccn1. The largest absolute Gasteiger partial charge is 0.440 e. The van der Waals surface area contributed by atoms with Gasteiger partial charge in [0.15, 0.2) is 11.5 Å². The molecule has 1 aliphatic rings. The minimum atomic E-state index is -0.286. The van der Waals surface area contributed by atoms with E-state index in [9.17, 15) is 9.59 Å². The van der Waals surface area contributed by atoms with Crippen molar-refractivity contribution in [2.24, 2.45) is 0 Å². The molecule has 160 valence electrons. The number of anilines is 1. The number of likely N-dealkylation sites (tertiary alicyclic amines) is 1. The standard InChI is InChI=1S/C25H22N4O3/c30-23(21-6-3-4-14-26-21)27-19-10-8-18(9-11-19)25(31)29-15-12-17(13-16-29)24-28-20-5-1-2-7-22(20)32-24/h1-11,14,17H,12-13,15-16H2,(H,27,30). The Morgan fingerprint density at radius 3 is 2.41 bits per heavy atom. The minimum Gasteiger partial charge on any atom is -0.440 e. The summed E-state index contributed by atoms with van der Waals surface area (Å²) in [5.74, 6) is 0.677. The number of nitrogens with one attached hydrogen (secondary N) is 1. The van der Waals surface area contributed by atoms with E-state index >= 15 is 0 Å². The Labute approximate surface area is 185 Å². The number of rotatable bonds is 4. The third-order valence-corrected chi connectivity index (χ3v) is 5.73. The number of aromatic nitrogens is 2. The molecule has 0 atom stereocenters. The van der Waals surface area contributed by atoms with Gasteiger partial charge in [0, 0.05) is 36.5 Å². The summed E-state index contributed by atoms with van der Waals surface area (Å²) in [6.07, 6.45) is 3.21. The van der Waals surface area contributed by atoms with Crippen LogP contribution in [0.5, 0.6) is 0 Å². The first kappa shape index (κ1) is 19.9. The van der Waals surface area contributed by atoms with Gasteiger partial charge < -0.3 is 14.6 Å². The van der Waals surface area contributed by atoms with Crippen molar-refractivity contribution in [3.8, 4) is 0 Å². The summed E-state index contributed by atoms with van der Waals surface area (Å²) < 4.78 is 5.91. The fourth-order valence-electron chi connectivity index (χ4n) is 3.97. The van der Waals surface area contributed by atoms with E-state index in [4.69, 9.17) is 4.42 Å². The van der Waals surface area contributed by atoms with Crippen LogP contribution in [-0.2, 0) is 0 Å². The van der Waals surface area contributed by atoms with Gasteiger partial charge in [0.05, 0.1) is 0 Å². The lowest BCUT2D eigenvalue weighted by Crippen LogP contribution is -2.38. The predicted molar refractivity (Wildman–Crippen MR) is 121 cm³/mol. The molecule has 2 aromatic heterocycles. The minimum absolute atomic E-state index is 0.0105. The Morgan fingerprint density at radius 2 is 1.69 bits per heavy atom. The first-order chi connectivity index (χ1) is 15.7. The number of carbonyl (C=O) groups excluding carboxylic acids is 2. The van der Waals surface area contributed by atoms with Crippen molar-refractivity contribution in [1.82, 2.24) is 14.9 Å². The highest BCUT2D eigenvalue weighted by Gasteiger charge is 2.27. The van der Waals surface area contributed by atoms with Crippen LogP contribution < -0.4 is 5.32 Å². The Hall–Kier alpha value is -4.00. The number of hydrogen-bond acceptors (Lipinski definition) is 5. The number of piperidine rings is 1. The fraction of sp³-hybridized carbons (Fsp3) is 0.200. The quantitative estimate of drug-likeness (QED) is 0.519.